The van der Waals surface area contributed by atoms with Gasteiger partial charge in [-0.2, -0.15) is 0 Å². The number of nitrogens with zero attached hydrogens (tertiary/aromatic N) is 1. The van der Waals surface area contributed by atoms with Crippen molar-refractivity contribution in [2.24, 2.45) is 10.9 Å². The lowest BCUT2D eigenvalue weighted by atomic mass is 10.1. The predicted octanol–water partition coefficient (Wildman–Crippen LogP) is 2.46. The molecule has 26 heavy (non-hydrogen) atoms. The number of ether oxygens (including phenoxy) is 3. The van der Waals surface area contributed by atoms with Gasteiger partial charge in [0.25, 0.3) is 0 Å². The van der Waals surface area contributed by atoms with Crippen LogP contribution in [0.2, 0.25) is 0 Å². The molecule has 1 aromatic carbocycles. The van der Waals surface area contributed by atoms with E-state index in [1.54, 1.807) is 14.2 Å². The van der Waals surface area contributed by atoms with Crippen molar-refractivity contribution in [1.82, 2.24) is 10.6 Å². The summed E-state index contributed by atoms with van der Waals surface area (Å²) >= 11 is 0. The zero-order valence-corrected chi connectivity index (χ0v) is 18.2. The summed E-state index contributed by atoms with van der Waals surface area (Å²) in [6.07, 6.45) is 2.97. The van der Waals surface area contributed by atoms with E-state index in [2.05, 4.69) is 21.7 Å². The van der Waals surface area contributed by atoms with E-state index in [1.807, 2.05) is 18.2 Å². The Morgan fingerprint density at radius 3 is 2.81 bits per heavy atom. The molecule has 0 aromatic heterocycles. The fourth-order valence-electron chi connectivity index (χ4n) is 2.79. The smallest absolute Gasteiger partial charge is 0.190 e. The molecule has 1 atom stereocenters. The molecular formula is C19H32IN3O3. The van der Waals surface area contributed by atoms with Crippen LogP contribution in [0.4, 0.5) is 0 Å². The van der Waals surface area contributed by atoms with Gasteiger partial charge in [-0.3, -0.25) is 4.99 Å². The van der Waals surface area contributed by atoms with Crippen LogP contribution in [0.15, 0.2) is 29.3 Å². The minimum Gasteiger partial charge on any atom is -0.496 e. The molecule has 0 saturated carbocycles. The number of methoxy groups -OCH3 is 1. The number of para-hydroxylation sites is 1. The third kappa shape index (κ3) is 8.55. The van der Waals surface area contributed by atoms with Gasteiger partial charge in [0.2, 0.25) is 0 Å². The van der Waals surface area contributed by atoms with Crippen molar-refractivity contribution in [3.63, 3.8) is 0 Å². The minimum atomic E-state index is 0. The van der Waals surface area contributed by atoms with Crippen molar-refractivity contribution >= 4 is 29.9 Å². The van der Waals surface area contributed by atoms with E-state index >= 15 is 0 Å². The molecule has 2 rings (SSSR count). The van der Waals surface area contributed by atoms with Gasteiger partial charge in [0.15, 0.2) is 5.96 Å². The van der Waals surface area contributed by atoms with Crippen LogP contribution >= 0.6 is 24.0 Å². The molecule has 1 unspecified atom stereocenters. The normalized spacial score (nSPS) is 16.8. The van der Waals surface area contributed by atoms with E-state index < -0.39 is 0 Å². The highest BCUT2D eigenvalue weighted by Crippen LogP contribution is 2.17. The van der Waals surface area contributed by atoms with Crippen molar-refractivity contribution in [2.75, 3.05) is 53.7 Å². The number of guanidine groups is 1. The summed E-state index contributed by atoms with van der Waals surface area (Å²) in [6, 6.07) is 8.09. The predicted molar refractivity (Wildman–Crippen MR) is 116 cm³/mol. The van der Waals surface area contributed by atoms with E-state index in [4.69, 9.17) is 14.2 Å². The van der Waals surface area contributed by atoms with Gasteiger partial charge in [0.1, 0.15) is 5.75 Å². The van der Waals surface area contributed by atoms with Gasteiger partial charge >= 0.3 is 0 Å². The zero-order chi connectivity index (χ0) is 17.7. The molecule has 1 fully saturated rings. The second-order valence-electron chi connectivity index (χ2n) is 6.15. The van der Waals surface area contributed by atoms with Crippen LogP contribution in [-0.2, 0) is 15.9 Å². The molecule has 0 amide bonds. The Morgan fingerprint density at radius 2 is 2.08 bits per heavy atom. The molecule has 0 bridgehead atoms. The quantitative estimate of drug-likeness (QED) is 0.235. The zero-order valence-electron chi connectivity index (χ0n) is 15.8. The minimum absolute atomic E-state index is 0. The number of halogens is 1. The van der Waals surface area contributed by atoms with E-state index in [1.165, 1.54) is 5.56 Å². The van der Waals surface area contributed by atoms with Gasteiger partial charge in [0.05, 0.1) is 20.3 Å². The second-order valence-corrected chi connectivity index (χ2v) is 6.15. The number of rotatable bonds is 10. The summed E-state index contributed by atoms with van der Waals surface area (Å²) in [6.45, 7) is 4.95. The van der Waals surface area contributed by atoms with E-state index in [0.717, 1.165) is 70.5 Å². The summed E-state index contributed by atoms with van der Waals surface area (Å²) in [5, 5.41) is 6.65. The summed E-state index contributed by atoms with van der Waals surface area (Å²) in [4.78, 5) is 4.25. The van der Waals surface area contributed by atoms with Gasteiger partial charge in [0, 0.05) is 39.3 Å². The monoisotopic (exact) mass is 477 g/mol. The average Bonchev–Trinajstić information content (AvgIpc) is 3.16. The van der Waals surface area contributed by atoms with E-state index in [9.17, 15) is 0 Å². The van der Waals surface area contributed by atoms with Crippen LogP contribution < -0.4 is 15.4 Å². The molecule has 1 aliphatic heterocycles. The van der Waals surface area contributed by atoms with Crippen molar-refractivity contribution in [3.05, 3.63) is 29.8 Å². The number of benzene rings is 1. The standard InChI is InChI=1S/C19H31N3O3.HI/c1-20-19(21-10-5-12-24-14-16-9-13-25-15-16)22-11-8-17-6-3-4-7-18(17)23-2;/h3-4,6-7,16H,5,8-15H2,1-2H3,(H2,20,21,22);1H. The van der Waals surface area contributed by atoms with Gasteiger partial charge in [-0.25, -0.2) is 0 Å². The van der Waals surface area contributed by atoms with E-state index in [0.29, 0.717) is 5.92 Å². The number of hydrogen-bond donors (Lipinski definition) is 2. The second kappa shape index (κ2) is 14.1. The van der Waals surface area contributed by atoms with E-state index in [-0.39, 0.29) is 24.0 Å². The lowest BCUT2D eigenvalue weighted by molar-refractivity contribution is 0.0888. The lowest BCUT2D eigenvalue weighted by Gasteiger charge is -2.13. The van der Waals surface area contributed by atoms with Crippen molar-refractivity contribution in [2.45, 2.75) is 19.3 Å². The van der Waals surface area contributed by atoms with Gasteiger partial charge in [-0.1, -0.05) is 18.2 Å². The first kappa shape index (κ1) is 23.0. The first-order chi connectivity index (χ1) is 12.3. The molecule has 1 heterocycles. The number of hydrogen-bond acceptors (Lipinski definition) is 4. The van der Waals surface area contributed by atoms with Gasteiger partial charge in [-0.15, -0.1) is 24.0 Å². The van der Waals surface area contributed by atoms with Gasteiger partial charge in [-0.05, 0) is 30.9 Å². The van der Waals surface area contributed by atoms with Crippen LogP contribution in [0.3, 0.4) is 0 Å². The lowest BCUT2D eigenvalue weighted by Crippen LogP contribution is -2.39. The Labute approximate surface area is 174 Å². The molecule has 7 heteroatoms. The Morgan fingerprint density at radius 1 is 1.27 bits per heavy atom. The molecule has 148 valence electrons. The largest absolute Gasteiger partial charge is 0.496 e. The SMILES string of the molecule is CN=C(NCCCOCC1CCOC1)NCCc1ccccc1OC.I. The molecule has 0 spiro atoms. The Balaban J connectivity index is 0.00000338. The highest BCUT2D eigenvalue weighted by atomic mass is 127. The molecular weight excluding hydrogens is 445 g/mol. The topological polar surface area (TPSA) is 64.1 Å². The average molecular weight is 477 g/mol. The molecule has 1 aromatic rings. The third-order valence-corrected chi connectivity index (χ3v) is 4.24. The third-order valence-electron chi connectivity index (χ3n) is 4.24. The Hall–Kier alpha value is -1.06. The molecule has 2 N–H and O–H groups in total. The maximum Gasteiger partial charge on any atom is 0.190 e. The molecule has 6 nitrogen and oxygen atoms in total. The number of aliphatic imine (C=N–C) groups is 1. The van der Waals surface area contributed by atoms with Crippen molar-refractivity contribution < 1.29 is 14.2 Å². The van der Waals surface area contributed by atoms with Crippen molar-refractivity contribution in [1.29, 1.82) is 0 Å². The van der Waals surface area contributed by atoms with Gasteiger partial charge < -0.3 is 24.8 Å². The highest BCUT2D eigenvalue weighted by Gasteiger charge is 2.15. The maximum atomic E-state index is 5.70. The van der Waals surface area contributed by atoms with Crippen LogP contribution in [0.5, 0.6) is 5.75 Å². The Bertz CT molecular complexity index is 523. The van der Waals surface area contributed by atoms with Crippen LogP contribution in [-0.4, -0.2) is 59.6 Å². The molecule has 0 radical (unpaired) electrons. The first-order valence-corrected chi connectivity index (χ1v) is 9.05. The fraction of sp³-hybridized carbons (Fsp3) is 0.632. The van der Waals surface area contributed by atoms with Crippen LogP contribution in [0, 0.1) is 5.92 Å². The molecule has 1 saturated heterocycles. The maximum absolute atomic E-state index is 5.70. The summed E-state index contributed by atoms with van der Waals surface area (Å²) in [5.41, 5.74) is 1.19. The molecule has 1 aliphatic rings. The summed E-state index contributed by atoms with van der Waals surface area (Å²) in [5.74, 6) is 2.33. The first-order valence-electron chi connectivity index (χ1n) is 9.05. The highest BCUT2D eigenvalue weighted by molar-refractivity contribution is 14.0. The Kier molecular flexibility index (Phi) is 12.4. The summed E-state index contributed by atoms with van der Waals surface area (Å²) < 4.78 is 16.4. The fourth-order valence-corrected chi connectivity index (χ4v) is 2.79. The van der Waals surface area contributed by atoms with Crippen LogP contribution in [0.1, 0.15) is 18.4 Å². The van der Waals surface area contributed by atoms with Crippen molar-refractivity contribution in [3.8, 4) is 5.75 Å². The van der Waals surface area contributed by atoms with Crippen LogP contribution in [0.25, 0.3) is 0 Å². The molecule has 0 aliphatic carbocycles. The summed E-state index contributed by atoms with van der Waals surface area (Å²) in [7, 11) is 3.49. The number of nitrogens with one attached hydrogen (secondary N) is 2.